The van der Waals surface area contributed by atoms with Crippen LogP contribution in [0.15, 0.2) is 11.6 Å². The highest BCUT2D eigenvalue weighted by Gasteiger charge is 2.29. The van der Waals surface area contributed by atoms with Gasteiger partial charge in [0.15, 0.2) is 0 Å². The van der Waals surface area contributed by atoms with Gasteiger partial charge in [0.2, 0.25) is 5.91 Å². The normalized spacial score (nSPS) is 24.9. The summed E-state index contributed by atoms with van der Waals surface area (Å²) in [5, 5.41) is 11.4. The SMILES string of the molecule is CC(C)(C)C1=CC(O)NC1=O. The molecule has 2 N–H and O–H groups in total. The monoisotopic (exact) mass is 155 g/mol. The molecule has 1 rings (SSSR count). The van der Waals surface area contributed by atoms with Crippen molar-refractivity contribution in [3.05, 3.63) is 11.6 Å². The molecule has 0 aromatic rings. The van der Waals surface area contributed by atoms with Crippen LogP contribution < -0.4 is 5.32 Å². The maximum absolute atomic E-state index is 11.1. The Hall–Kier alpha value is -0.830. The fourth-order valence-electron chi connectivity index (χ4n) is 1.08. The molecule has 3 nitrogen and oxygen atoms in total. The third-order valence-electron chi connectivity index (χ3n) is 1.66. The van der Waals surface area contributed by atoms with Crippen LogP contribution >= 0.6 is 0 Å². The van der Waals surface area contributed by atoms with Crippen molar-refractivity contribution in [3.8, 4) is 0 Å². The summed E-state index contributed by atoms with van der Waals surface area (Å²) in [6, 6.07) is 0. The molecule has 0 aromatic carbocycles. The number of amides is 1. The first-order valence-electron chi connectivity index (χ1n) is 3.62. The van der Waals surface area contributed by atoms with Gasteiger partial charge in [-0.25, -0.2) is 0 Å². The van der Waals surface area contributed by atoms with Gasteiger partial charge in [0.1, 0.15) is 6.23 Å². The lowest BCUT2D eigenvalue weighted by molar-refractivity contribution is -0.119. The Labute approximate surface area is 66.1 Å². The molecule has 1 aliphatic rings. The molecule has 0 aromatic heterocycles. The van der Waals surface area contributed by atoms with Crippen LogP contribution in [-0.4, -0.2) is 17.2 Å². The Morgan fingerprint density at radius 1 is 1.55 bits per heavy atom. The predicted molar refractivity (Wildman–Crippen MR) is 41.7 cm³/mol. The quantitative estimate of drug-likeness (QED) is 0.532. The number of carbonyl (C=O) groups is 1. The molecular weight excluding hydrogens is 142 g/mol. The van der Waals surface area contributed by atoms with Gasteiger partial charge in [0.05, 0.1) is 0 Å². The predicted octanol–water partition coefficient (Wildman–Crippen LogP) is 0.407. The third-order valence-corrected chi connectivity index (χ3v) is 1.66. The zero-order chi connectivity index (χ0) is 8.65. The molecule has 1 unspecified atom stereocenters. The van der Waals surface area contributed by atoms with E-state index in [9.17, 15) is 4.79 Å². The molecular formula is C8H13NO2. The number of aliphatic hydroxyl groups excluding tert-OH is 1. The van der Waals surface area contributed by atoms with Gasteiger partial charge in [-0.05, 0) is 11.5 Å². The Kier molecular flexibility index (Phi) is 1.76. The molecule has 0 saturated carbocycles. The van der Waals surface area contributed by atoms with E-state index in [0.29, 0.717) is 5.57 Å². The topological polar surface area (TPSA) is 49.3 Å². The molecule has 1 aliphatic heterocycles. The summed E-state index contributed by atoms with van der Waals surface area (Å²) in [6.45, 7) is 5.82. The number of hydrogen-bond acceptors (Lipinski definition) is 2. The molecule has 1 atom stereocenters. The van der Waals surface area contributed by atoms with Crippen LogP contribution in [0.3, 0.4) is 0 Å². The summed E-state index contributed by atoms with van der Waals surface area (Å²) >= 11 is 0. The Bertz CT molecular complexity index is 213. The molecule has 3 heteroatoms. The minimum atomic E-state index is -0.795. The first-order valence-corrected chi connectivity index (χ1v) is 3.62. The molecule has 0 saturated heterocycles. The molecule has 1 amide bonds. The van der Waals surface area contributed by atoms with E-state index in [1.54, 1.807) is 6.08 Å². The fourth-order valence-corrected chi connectivity index (χ4v) is 1.08. The second kappa shape index (κ2) is 2.34. The van der Waals surface area contributed by atoms with Gasteiger partial charge >= 0.3 is 0 Å². The van der Waals surface area contributed by atoms with Gasteiger partial charge in [-0.15, -0.1) is 0 Å². The van der Waals surface area contributed by atoms with Crippen LogP contribution in [0.4, 0.5) is 0 Å². The van der Waals surface area contributed by atoms with Crippen LogP contribution in [0.5, 0.6) is 0 Å². The molecule has 0 fully saturated rings. The molecule has 0 radical (unpaired) electrons. The second-order valence-corrected chi connectivity index (χ2v) is 3.75. The lowest BCUT2D eigenvalue weighted by Crippen LogP contribution is -2.28. The van der Waals surface area contributed by atoms with Gasteiger partial charge in [-0.2, -0.15) is 0 Å². The summed E-state index contributed by atoms with van der Waals surface area (Å²) in [5.74, 6) is -0.162. The van der Waals surface area contributed by atoms with Gasteiger partial charge in [0.25, 0.3) is 0 Å². The van der Waals surface area contributed by atoms with E-state index in [-0.39, 0.29) is 11.3 Å². The van der Waals surface area contributed by atoms with Crippen molar-refractivity contribution < 1.29 is 9.90 Å². The number of hydrogen-bond donors (Lipinski definition) is 2. The highest BCUT2D eigenvalue weighted by atomic mass is 16.3. The highest BCUT2D eigenvalue weighted by Crippen LogP contribution is 2.27. The second-order valence-electron chi connectivity index (χ2n) is 3.75. The van der Waals surface area contributed by atoms with Crippen LogP contribution in [0.2, 0.25) is 0 Å². The summed E-state index contributed by atoms with van der Waals surface area (Å²) in [6.07, 6.45) is 0.763. The third kappa shape index (κ3) is 1.60. The number of nitrogens with one attached hydrogen (secondary N) is 1. The van der Waals surface area contributed by atoms with E-state index in [1.165, 1.54) is 0 Å². The highest BCUT2D eigenvalue weighted by molar-refractivity contribution is 5.97. The maximum atomic E-state index is 11.1. The van der Waals surface area contributed by atoms with Gasteiger partial charge in [0, 0.05) is 5.57 Å². The smallest absolute Gasteiger partial charge is 0.249 e. The van der Waals surface area contributed by atoms with E-state index < -0.39 is 6.23 Å². The molecule has 62 valence electrons. The van der Waals surface area contributed by atoms with Crippen molar-refractivity contribution in [3.63, 3.8) is 0 Å². The lowest BCUT2D eigenvalue weighted by Gasteiger charge is -2.17. The van der Waals surface area contributed by atoms with Crippen molar-refractivity contribution in [1.82, 2.24) is 5.32 Å². The van der Waals surface area contributed by atoms with Crippen molar-refractivity contribution in [2.24, 2.45) is 5.41 Å². The van der Waals surface area contributed by atoms with Crippen LogP contribution in [0, 0.1) is 5.41 Å². The minimum absolute atomic E-state index is 0.162. The summed E-state index contributed by atoms with van der Waals surface area (Å²) in [5.41, 5.74) is 0.478. The maximum Gasteiger partial charge on any atom is 0.249 e. The Morgan fingerprint density at radius 2 is 2.09 bits per heavy atom. The number of rotatable bonds is 0. The zero-order valence-electron chi connectivity index (χ0n) is 7.01. The van der Waals surface area contributed by atoms with Gasteiger partial charge in [-0.3, -0.25) is 4.79 Å². The van der Waals surface area contributed by atoms with Crippen molar-refractivity contribution in [2.45, 2.75) is 27.0 Å². The zero-order valence-corrected chi connectivity index (χ0v) is 7.01. The average Bonchev–Trinajstić information content (AvgIpc) is 2.08. The van der Waals surface area contributed by atoms with E-state index in [4.69, 9.17) is 5.11 Å². The summed E-state index contributed by atoms with van der Waals surface area (Å²) < 4.78 is 0. The average molecular weight is 155 g/mol. The van der Waals surface area contributed by atoms with E-state index in [2.05, 4.69) is 5.32 Å². The Balaban J connectivity index is 2.88. The van der Waals surface area contributed by atoms with E-state index in [1.807, 2.05) is 20.8 Å². The first kappa shape index (κ1) is 8.27. The van der Waals surface area contributed by atoms with E-state index in [0.717, 1.165) is 0 Å². The largest absolute Gasteiger partial charge is 0.370 e. The Morgan fingerprint density at radius 3 is 2.27 bits per heavy atom. The molecule has 0 spiro atoms. The minimum Gasteiger partial charge on any atom is -0.370 e. The molecule has 11 heavy (non-hydrogen) atoms. The first-order chi connectivity index (χ1) is 4.91. The molecule has 0 aliphatic carbocycles. The van der Waals surface area contributed by atoms with Gasteiger partial charge < -0.3 is 10.4 Å². The van der Waals surface area contributed by atoms with E-state index >= 15 is 0 Å². The fraction of sp³-hybridized carbons (Fsp3) is 0.625. The summed E-state index contributed by atoms with van der Waals surface area (Å²) in [4.78, 5) is 11.1. The van der Waals surface area contributed by atoms with Gasteiger partial charge in [-0.1, -0.05) is 20.8 Å². The molecule has 0 bridgehead atoms. The van der Waals surface area contributed by atoms with Crippen LogP contribution in [-0.2, 0) is 4.79 Å². The number of carbonyl (C=O) groups excluding carboxylic acids is 1. The lowest BCUT2D eigenvalue weighted by atomic mass is 9.87. The van der Waals surface area contributed by atoms with Crippen LogP contribution in [0.25, 0.3) is 0 Å². The number of aliphatic hydroxyl groups is 1. The van der Waals surface area contributed by atoms with Crippen LogP contribution in [0.1, 0.15) is 20.8 Å². The van der Waals surface area contributed by atoms with Crippen molar-refractivity contribution >= 4 is 5.91 Å². The van der Waals surface area contributed by atoms with Crippen molar-refractivity contribution in [2.75, 3.05) is 0 Å². The standard InChI is InChI=1S/C8H13NO2/c1-8(2,3)5-4-6(10)9-7(5)11/h4,6,10H,1-3H3,(H,9,11). The summed E-state index contributed by atoms with van der Waals surface area (Å²) in [7, 11) is 0. The molecule has 1 heterocycles. The van der Waals surface area contributed by atoms with Crippen molar-refractivity contribution in [1.29, 1.82) is 0 Å².